The topological polar surface area (TPSA) is 83.1 Å². The highest BCUT2D eigenvalue weighted by Gasteiger charge is 2.16. The SMILES string of the molecule is O=S(=O)(O)c1ncc(Cc2cc3c(s2)CCCC3)[nH]1. The van der Waals surface area contributed by atoms with E-state index < -0.39 is 10.1 Å². The van der Waals surface area contributed by atoms with E-state index in [0.717, 1.165) is 12.8 Å². The second kappa shape index (κ2) is 4.73. The van der Waals surface area contributed by atoms with Crippen LogP contribution in [0.25, 0.3) is 0 Å². The van der Waals surface area contributed by atoms with Crippen molar-refractivity contribution in [3.8, 4) is 0 Å². The maximum absolute atomic E-state index is 10.9. The number of imidazole rings is 1. The summed E-state index contributed by atoms with van der Waals surface area (Å²) in [5.74, 6) is 0. The molecule has 102 valence electrons. The third-order valence-corrected chi connectivity index (χ3v) is 5.20. The van der Waals surface area contributed by atoms with Gasteiger partial charge in [-0.25, -0.2) is 4.98 Å². The molecular formula is C12H14N2O3S2. The Morgan fingerprint density at radius 2 is 2.16 bits per heavy atom. The summed E-state index contributed by atoms with van der Waals surface area (Å²) in [6.07, 6.45) is 6.89. The molecule has 0 spiro atoms. The van der Waals surface area contributed by atoms with E-state index in [4.69, 9.17) is 4.55 Å². The number of H-pyrrole nitrogens is 1. The van der Waals surface area contributed by atoms with Gasteiger partial charge in [0.2, 0.25) is 0 Å². The van der Waals surface area contributed by atoms with Crippen molar-refractivity contribution in [3.05, 3.63) is 33.3 Å². The Labute approximate surface area is 115 Å². The number of nitrogens with zero attached hydrogens (tertiary/aromatic N) is 1. The minimum atomic E-state index is -4.24. The molecule has 1 aliphatic carbocycles. The quantitative estimate of drug-likeness (QED) is 0.851. The first-order valence-corrected chi connectivity index (χ1v) is 8.40. The molecule has 0 aliphatic heterocycles. The smallest absolute Gasteiger partial charge is 0.328 e. The highest BCUT2D eigenvalue weighted by atomic mass is 32.2. The normalized spacial score (nSPS) is 15.4. The van der Waals surface area contributed by atoms with Gasteiger partial charge in [0, 0.05) is 28.1 Å². The van der Waals surface area contributed by atoms with Gasteiger partial charge in [-0.15, -0.1) is 11.3 Å². The minimum Gasteiger partial charge on any atom is -0.330 e. The molecule has 1 aliphatic rings. The molecule has 2 aromatic heterocycles. The van der Waals surface area contributed by atoms with E-state index in [1.807, 2.05) is 0 Å². The third-order valence-electron chi connectivity index (χ3n) is 3.26. The van der Waals surface area contributed by atoms with E-state index in [0.29, 0.717) is 12.1 Å². The number of aromatic amines is 1. The van der Waals surface area contributed by atoms with Crippen molar-refractivity contribution in [1.29, 1.82) is 0 Å². The van der Waals surface area contributed by atoms with Gasteiger partial charge in [0.05, 0.1) is 0 Å². The lowest BCUT2D eigenvalue weighted by Crippen LogP contribution is -2.00. The maximum atomic E-state index is 10.9. The molecule has 3 rings (SSSR count). The number of hydrogen-bond donors (Lipinski definition) is 2. The largest absolute Gasteiger partial charge is 0.330 e. The summed E-state index contributed by atoms with van der Waals surface area (Å²) in [7, 11) is -4.24. The van der Waals surface area contributed by atoms with Crippen LogP contribution in [0.5, 0.6) is 0 Å². The highest BCUT2D eigenvalue weighted by molar-refractivity contribution is 7.85. The average Bonchev–Trinajstić information content (AvgIpc) is 2.94. The molecule has 0 atom stereocenters. The van der Waals surface area contributed by atoms with Gasteiger partial charge in [-0.05, 0) is 37.3 Å². The van der Waals surface area contributed by atoms with E-state index in [1.165, 1.54) is 34.4 Å². The van der Waals surface area contributed by atoms with Gasteiger partial charge < -0.3 is 4.98 Å². The van der Waals surface area contributed by atoms with E-state index in [2.05, 4.69) is 16.0 Å². The van der Waals surface area contributed by atoms with Crippen molar-refractivity contribution in [2.45, 2.75) is 37.3 Å². The van der Waals surface area contributed by atoms with E-state index in [1.54, 1.807) is 11.3 Å². The van der Waals surface area contributed by atoms with Crippen LogP contribution in [0.3, 0.4) is 0 Å². The molecule has 5 nitrogen and oxygen atoms in total. The van der Waals surface area contributed by atoms with Crippen LogP contribution in [0.15, 0.2) is 17.4 Å². The van der Waals surface area contributed by atoms with Crippen molar-refractivity contribution in [1.82, 2.24) is 9.97 Å². The molecule has 0 amide bonds. The Hall–Kier alpha value is -1.18. The summed E-state index contributed by atoms with van der Waals surface area (Å²) < 4.78 is 30.7. The summed E-state index contributed by atoms with van der Waals surface area (Å²) in [5.41, 5.74) is 2.13. The summed E-state index contributed by atoms with van der Waals surface area (Å²) in [5, 5.41) is -0.385. The Morgan fingerprint density at radius 3 is 2.84 bits per heavy atom. The van der Waals surface area contributed by atoms with Crippen LogP contribution in [0.1, 0.15) is 33.9 Å². The molecule has 0 fully saturated rings. The molecule has 0 saturated heterocycles. The lowest BCUT2D eigenvalue weighted by molar-refractivity contribution is 0.475. The number of thiophene rings is 1. The van der Waals surface area contributed by atoms with Gasteiger partial charge in [0.1, 0.15) is 0 Å². The zero-order valence-corrected chi connectivity index (χ0v) is 11.9. The minimum absolute atomic E-state index is 0.385. The number of rotatable bonds is 3. The average molecular weight is 298 g/mol. The molecule has 19 heavy (non-hydrogen) atoms. The first-order valence-electron chi connectivity index (χ1n) is 6.14. The second-order valence-corrected chi connectivity index (χ2v) is 7.29. The fourth-order valence-corrected chi connectivity index (χ4v) is 4.12. The van der Waals surface area contributed by atoms with Gasteiger partial charge in [-0.2, -0.15) is 8.42 Å². The Kier molecular flexibility index (Phi) is 3.20. The van der Waals surface area contributed by atoms with Crippen molar-refractivity contribution >= 4 is 21.5 Å². The van der Waals surface area contributed by atoms with Crippen LogP contribution < -0.4 is 0 Å². The molecule has 0 radical (unpaired) electrons. The Morgan fingerprint density at radius 1 is 1.37 bits per heavy atom. The van der Waals surface area contributed by atoms with Crippen LogP contribution in [0.2, 0.25) is 0 Å². The molecule has 7 heteroatoms. The number of hydrogen-bond acceptors (Lipinski definition) is 4. The molecule has 2 heterocycles. The molecule has 0 bridgehead atoms. The number of fused-ring (bicyclic) bond motifs is 1. The highest BCUT2D eigenvalue weighted by Crippen LogP contribution is 2.30. The van der Waals surface area contributed by atoms with Crippen LogP contribution in [-0.4, -0.2) is 22.9 Å². The molecule has 0 unspecified atom stereocenters. The molecule has 2 aromatic rings. The van der Waals surface area contributed by atoms with Gasteiger partial charge in [-0.3, -0.25) is 4.55 Å². The number of nitrogens with one attached hydrogen (secondary N) is 1. The Bertz CT molecular complexity index is 677. The number of aryl methyl sites for hydroxylation is 2. The summed E-state index contributed by atoms with van der Waals surface area (Å²) in [6, 6.07) is 2.20. The van der Waals surface area contributed by atoms with E-state index in [-0.39, 0.29) is 5.16 Å². The molecule has 0 aromatic carbocycles. The standard InChI is InChI=1S/C12H14N2O3S2/c15-19(16,17)12-13-7-9(14-12)6-10-5-8-3-1-2-4-11(8)18-10/h5,7H,1-4,6H2,(H,13,14)(H,15,16,17). The lowest BCUT2D eigenvalue weighted by Gasteiger charge is -2.08. The lowest BCUT2D eigenvalue weighted by atomic mass is 9.99. The van der Waals surface area contributed by atoms with Crippen LogP contribution in [-0.2, 0) is 29.4 Å². The van der Waals surface area contributed by atoms with E-state index in [9.17, 15) is 8.42 Å². The van der Waals surface area contributed by atoms with Crippen LogP contribution >= 0.6 is 11.3 Å². The van der Waals surface area contributed by atoms with Crippen molar-refractivity contribution in [2.75, 3.05) is 0 Å². The Balaban J connectivity index is 1.81. The van der Waals surface area contributed by atoms with E-state index >= 15 is 0 Å². The fraction of sp³-hybridized carbons (Fsp3) is 0.417. The summed E-state index contributed by atoms with van der Waals surface area (Å²) in [6.45, 7) is 0. The fourth-order valence-electron chi connectivity index (χ4n) is 2.39. The predicted octanol–water partition coefficient (Wildman–Crippen LogP) is 2.19. The predicted molar refractivity (Wildman–Crippen MR) is 72.2 cm³/mol. The second-order valence-electron chi connectivity index (χ2n) is 4.73. The number of aromatic nitrogens is 2. The first kappa shape index (κ1) is 12.8. The third kappa shape index (κ3) is 2.72. The van der Waals surface area contributed by atoms with Crippen molar-refractivity contribution < 1.29 is 13.0 Å². The van der Waals surface area contributed by atoms with Gasteiger partial charge in [0.15, 0.2) is 0 Å². The molecule has 2 N–H and O–H groups in total. The zero-order chi connectivity index (χ0) is 13.5. The summed E-state index contributed by atoms with van der Waals surface area (Å²) >= 11 is 1.79. The van der Waals surface area contributed by atoms with Crippen molar-refractivity contribution in [3.63, 3.8) is 0 Å². The van der Waals surface area contributed by atoms with Crippen LogP contribution in [0.4, 0.5) is 0 Å². The molecule has 0 saturated carbocycles. The van der Waals surface area contributed by atoms with Gasteiger partial charge in [-0.1, -0.05) is 0 Å². The van der Waals surface area contributed by atoms with Crippen molar-refractivity contribution in [2.24, 2.45) is 0 Å². The van der Waals surface area contributed by atoms with Gasteiger partial charge >= 0.3 is 10.1 Å². The zero-order valence-electron chi connectivity index (χ0n) is 10.2. The molecular weight excluding hydrogens is 284 g/mol. The van der Waals surface area contributed by atoms with Gasteiger partial charge in [0.25, 0.3) is 5.16 Å². The first-order chi connectivity index (χ1) is 9.02. The maximum Gasteiger partial charge on any atom is 0.328 e. The monoisotopic (exact) mass is 298 g/mol. The van der Waals surface area contributed by atoms with Crippen LogP contribution in [0, 0.1) is 0 Å². The summed E-state index contributed by atoms with van der Waals surface area (Å²) in [4.78, 5) is 8.98.